The van der Waals surface area contributed by atoms with Gasteiger partial charge in [0.25, 0.3) is 5.56 Å². The van der Waals surface area contributed by atoms with Crippen LogP contribution in [0, 0.1) is 27.7 Å². The maximum absolute atomic E-state index is 13.2. The number of hydrogen-bond donors (Lipinski definition) is 0. The van der Waals surface area contributed by atoms with E-state index in [0.717, 1.165) is 30.0 Å². The van der Waals surface area contributed by atoms with Gasteiger partial charge in [-0.3, -0.25) is 14.2 Å². The Balaban J connectivity index is 1.29. The Morgan fingerprint density at radius 2 is 1.59 bits per heavy atom. The van der Waals surface area contributed by atoms with Crippen LogP contribution in [0.4, 0.5) is 5.69 Å². The lowest BCUT2D eigenvalue weighted by atomic mass is 10.1. The summed E-state index contributed by atoms with van der Waals surface area (Å²) in [5, 5.41) is 4.66. The van der Waals surface area contributed by atoms with Crippen molar-refractivity contribution in [3.8, 4) is 5.69 Å². The second kappa shape index (κ2) is 9.84. The van der Waals surface area contributed by atoms with Crippen molar-refractivity contribution in [1.82, 2.24) is 24.2 Å². The van der Waals surface area contributed by atoms with E-state index in [9.17, 15) is 9.59 Å². The van der Waals surface area contributed by atoms with Gasteiger partial charge in [0, 0.05) is 51.8 Å². The monoisotopic (exact) mass is 498 g/mol. The van der Waals surface area contributed by atoms with Crippen molar-refractivity contribution in [2.75, 3.05) is 31.1 Å². The van der Waals surface area contributed by atoms with Crippen LogP contribution in [0.15, 0.2) is 47.3 Å². The van der Waals surface area contributed by atoms with Crippen LogP contribution in [0.5, 0.6) is 0 Å². The fourth-order valence-corrected chi connectivity index (χ4v) is 5.08. The molecule has 0 aliphatic carbocycles. The number of hydrogen-bond acceptors (Lipinski definition) is 5. The zero-order valence-corrected chi connectivity index (χ0v) is 22.3. The molecular weight excluding hydrogens is 464 g/mol. The van der Waals surface area contributed by atoms with E-state index in [2.05, 4.69) is 47.0 Å². The third kappa shape index (κ3) is 4.75. The zero-order chi connectivity index (χ0) is 26.3. The van der Waals surface area contributed by atoms with Crippen LogP contribution < -0.4 is 10.5 Å². The molecular formula is C29H34N6O2. The quantitative estimate of drug-likeness (QED) is 0.420. The Kier molecular flexibility index (Phi) is 6.58. The van der Waals surface area contributed by atoms with E-state index < -0.39 is 0 Å². The first-order valence-electron chi connectivity index (χ1n) is 12.8. The fourth-order valence-electron chi connectivity index (χ4n) is 5.08. The van der Waals surface area contributed by atoms with Crippen LogP contribution in [0.1, 0.15) is 34.5 Å². The predicted octanol–water partition coefficient (Wildman–Crippen LogP) is 3.63. The van der Waals surface area contributed by atoms with Gasteiger partial charge in [0.05, 0.1) is 11.4 Å². The molecule has 5 rings (SSSR count). The lowest BCUT2D eigenvalue weighted by Gasteiger charge is -2.37. The zero-order valence-electron chi connectivity index (χ0n) is 22.3. The summed E-state index contributed by atoms with van der Waals surface area (Å²) in [5.41, 5.74) is 8.09. The molecule has 1 aliphatic heterocycles. The van der Waals surface area contributed by atoms with Gasteiger partial charge in [-0.05, 0) is 57.0 Å². The number of anilines is 1. The summed E-state index contributed by atoms with van der Waals surface area (Å²) < 4.78 is 3.37. The van der Waals surface area contributed by atoms with E-state index in [1.54, 1.807) is 16.3 Å². The molecule has 1 saturated heterocycles. The minimum absolute atomic E-state index is 0.0663. The Labute approximate surface area is 217 Å². The van der Waals surface area contributed by atoms with E-state index in [1.165, 1.54) is 16.8 Å². The number of piperazine rings is 1. The predicted molar refractivity (Wildman–Crippen MR) is 147 cm³/mol. The molecule has 1 fully saturated rings. The first kappa shape index (κ1) is 24.7. The number of aryl methyl sites for hydroxylation is 6. The highest BCUT2D eigenvalue weighted by molar-refractivity contribution is 5.78. The number of benzene rings is 2. The van der Waals surface area contributed by atoms with Gasteiger partial charge in [-0.25, -0.2) is 9.67 Å². The number of carbonyl (C=O) groups excluding carboxylic acids is 1. The van der Waals surface area contributed by atoms with Crippen molar-refractivity contribution in [2.24, 2.45) is 7.05 Å². The summed E-state index contributed by atoms with van der Waals surface area (Å²) in [6.07, 6.45) is 0.580. The summed E-state index contributed by atoms with van der Waals surface area (Å²) in [6.45, 7) is 11.1. The van der Waals surface area contributed by atoms with Crippen molar-refractivity contribution in [3.63, 3.8) is 0 Å². The Morgan fingerprint density at radius 3 is 2.30 bits per heavy atom. The van der Waals surface area contributed by atoms with Gasteiger partial charge in [-0.15, -0.1) is 0 Å². The third-order valence-electron chi connectivity index (χ3n) is 7.31. The lowest BCUT2D eigenvalue weighted by molar-refractivity contribution is -0.131. The van der Waals surface area contributed by atoms with Gasteiger partial charge in [0.15, 0.2) is 5.65 Å². The molecule has 8 nitrogen and oxygen atoms in total. The summed E-state index contributed by atoms with van der Waals surface area (Å²) in [5.74, 6) is 0.0663. The van der Waals surface area contributed by atoms with E-state index >= 15 is 0 Å². The summed E-state index contributed by atoms with van der Waals surface area (Å²) >= 11 is 0. The molecule has 8 heteroatoms. The van der Waals surface area contributed by atoms with Crippen LogP contribution in [0.2, 0.25) is 0 Å². The van der Waals surface area contributed by atoms with E-state index in [0.29, 0.717) is 36.4 Å². The molecule has 1 amide bonds. The third-order valence-corrected chi connectivity index (χ3v) is 7.31. The van der Waals surface area contributed by atoms with Crippen LogP contribution >= 0.6 is 0 Å². The molecule has 2 aromatic heterocycles. The van der Waals surface area contributed by atoms with E-state index in [-0.39, 0.29) is 17.9 Å². The SMILES string of the molecule is Cc1ccc(-n2nc(C)c3nc(CCC(=O)N4CCN(c5cc(C)ccc5C)CC4)c(=O)n(C)c32)cc1. The van der Waals surface area contributed by atoms with Crippen molar-refractivity contribution in [1.29, 1.82) is 0 Å². The molecule has 0 unspecified atom stereocenters. The summed E-state index contributed by atoms with van der Waals surface area (Å²) in [7, 11) is 1.75. The average Bonchev–Trinajstić information content (AvgIpc) is 3.23. The molecule has 0 bridgehead atoms. The Morgan fingerprint density at radius 1 is 0.919 bits per heavy atom. The standard InChI is InChI=1S/C29H34N6O2/c1-19-7-10-23(11-8-19)35-28-27(22(4)31-35)30-24(29(37)32(28)5)12-13-26(36)34-16-14-33(15-17-34)25-18-20(2)6-9-21(25)3/h6-11,18H,12-17H2,1-5H3. The molecule has 3 heterocycles. The maximum atomic E-state index is 13.2. The van der Waals surface area contributed by atoms with Crippen molar-refractivity contribution in [2.45, 2.75) is 40.5 Å². The highest BCUT2D eigenvalue weighted by Crippen LogP contribution is 2.23. The number of nitrogens with zero attached hydrogens (tertiary/aromatic N) is 6. The smallest absolute Gasteiger partial charge is 0.273 e. The van der Waals surface area contributed by atoms with Crippen LogP contribution in [-0.4, -0.2) is 56.3 Å². The lowest BCUT2D eigenvalue weighted by Crippen LogP contribution is -2.49. The number of amides is 1. The minimum atomic E-state index is -0.187. The average molecular weight is 499 g/mol. The van der Waals surface area contributed by atoms with Gasteiger partial charge in [-0.2, -0.15) is 5.10 Å². The largest absolute Gasteiger partial charge is 0.368 e. The first-order chi connectivity index (χ1) is 17.7. The molecule has 4 aromatic rings. The normalized spacial score (nSPS) is 14.0. The highest BCUT2D eigenvalue weighted by atomic mass is 16.2. The van der Waals surface area contributed by atoms with E-state index in [4.69, 9.17) is 0 Å². The number of aromatic nitrogens is 4. The molecule has 0 radical (unpaired) electrons. The maximum Gasteiger partial charge on any atom is 0.273 e. The number of fused-ring (bicyclic) bond motifs is 1. The topological polar surface area (TPSA) is 76.3 Å². The van der Waals surface area contributed by atoms with Crippen LogP contribution in [-0.2, 0) is 18.3 Å². The molecule has 1 aliphatic rings. The van der Waals surface area contributed by atoms with Gasteiger partial charge in [0.2, 0.25) is 5.91 Å². The fraction of sp³-hybridized carbons (Fsp3) is 0.379. The molecule has 0 N–H and O–H groups in total. The number of rotatable bonds is 5. The molecule has 37 heavy (non-hydrogen) atoms. The van der Waals surface area contributed by atoms with Crippen molar-refractivity contribution in [3.05, 3.63) is 80.9 Å². The number of carbonyl (C=O) groups is 1. The summed E-state index contributed by atoms with van der Waals surface area (Å²) in [6, 6.07) is 14.5. The summed E-state index contributed by atoms with van der Waals surface area (Å²) in [4.78, 5) is 35.2. The van der Waals surface area contributed by atoms with Crippen LogP contribution in [0.3, 0.4) is 0 Å². The highest BCUT2D eigenvalue weighted by Gasteiger charge is 2.23. The van der Waals surface area contributed by atoms with Gasteiger partial charge < -0.3 is 9.80 Å². The Bertz CT molecular complexity index is 1530. The van der Waals surface area contributed by atoms with Gasteiger partial charge >= 0.3 is 0 Å². The van der Waals surface area contributed by atoms with Crippen molar-refractivity contribution < 1.29 is 4.79 Å². The molecule has 0 spiro atoms. The van der Waals surface area contributed by atoms with Crippen LogP contribution in [0.25, 0.3) is 16.9 Å². The molecule has 192 valence electrons. The first-order valence-corrected chi connectivity index (χ1v) is 12.8. The van der Waals surface area contributed by atoms with Gasteiger partial charge in [0.1, 0.15) is 11.2 Å². The molecule has 2 aromatic carbocycles. The van der Waals surface area contributed by atoms with E-state index in [1.807, 2.05) is 43.0 Å². The van der Waals surface area contributed by atoms with Crippen molar-refractivity contribution >= 4 is 22.8 Å². The second-order valence-electron chi connectivity index (χ2n) is 10.1. The molecule has 0 atom stereocenters. The second-order valence-corrected chi connectivity index (χ2v) is 10.1. The van der Waals surface area contributed by atoms with Gasteiger partial charge in [-0.1, -0.05) is 29.8 Å². The Hall–Kier alpha value is -3.94. The molecule has 0 saturated carbocycles. The minimum Gasteiger partial charge on any atom is -0.368 e.